The van der Waals surface area contributed by atoms with E-state index < -0.39 is 10.0 Å². The molecule has 3 rings (SSSR count). The molecular weight excluding hydrogens is 280 g/mol. The van der Waals surface area contributed by atoms with Crippen LogP contribution in [0.25, 0.3) is 0 Å². The summed E-state index contributed by atoms with van der Waals surface area (Å²) in [6, 6.07) is 4.44. The second kappa shape index (κ2) is 5.52. The number of likely N-dealkylation sites (tertiary alicyclic amines) is 1. The van der Waals surface area contributed by atoms with Crippen LogP contribution in [0.4, 0.5) is 0 Å². The fraction of sp³-hybridized carbons (Fsp3) is 0.692. The normalized spacial score (nSPS) is 24.9. The Labute approximate surface area is 118 Å². The Balaban J connectivity index is 1.49. The maximum Gasteiger partial charge on any atom is 0.216 e. The Morgan fingerprint density at radius 3 is 2.89 bits per heavy atom. The van der Waals surface area contributed by atoms with Gasteiger partial charge in [0.05, 0.1) is 5.25 Å². The number of rotatable bonds is 6. The van der Waals surface area contributed by atoms with Gasteiger partial charge in [0.25, 0.3) is 0 Å². The molecule has 1 aliphatic carbocycles. The first kappa shape index (κ1) is 13.5. The molecule has 0 aromatic carbocycles. The van der Waals surface area contributed by atoms with Gasteiger partial charge in [-0.15, -0.1) is 11.3 Å². The summed E-state index contributed by atoms with van der Waals surface area (Å²) in [5, 5.41) is 1.88. The molecule has 1 atom stereocenters. The molecule has 2 fully saturated rings. The van der Waals surface area contributed by atoms with Crippen LogP contribution in [0.5, 0.6) is 0 Å². The van der Waals surface area contributed by atoms with Crippen LogP contribution in [0.1, 0.15) is 24.1 Å². The summed E-state index contributed by atoms with van der Waals surface area (Å²) < 4.78 is 27.1. The lowest BCUT2D eigenvalue weighted by atomic mass is 10.3. The molecule has 1 aromatic heterocycles. The minimum absolute atomic E-state index is 0.212. The van der Waals surface area contributed by atoms with Gasteiger partial charge in [-0.2, -0.15) is 0 Å². The highest BCUT2D eigenvalue weighted by Crippen LogP contribution is 2.23. The number of hydrogen-bond donors (Lipinski definition) is 1. The molecule has 1 saturated carbocycles. The van der Waals surface area contributed by atoms with E-state index in [4.69, 9.17) is 0 Å². The van der Waals surface area contributed by atoms with Crippen molar-refractivity contribution in [1.29, 1.82) is 0 Å². The molecule has 106 valence electrons. The molecule has 0 amide bonds. The van der Waals surface area contributed by atoms with E-state index in [1.54, 1.807) is 11.3 Å². The SMILES string of the molecule is O=S(=O)(NC1CC1)[C@H]1CCN(CCc2cccs2)C1. The highest BCUT2D eigenvalue weighted by molar-refractivity contribution is 7.90. The number of nitrogens with zero attached hydrogens (tertiary/aromatic N) is 1. The van der Waals surface area contributed by atoms with Crippen molar-refractivity contribution in [1.82, 2.24) is 9.62 Å². The van der Waals surface area contributed by atoms with Crippen molar-refractivity contribution in [3.05, 3.63) is 22.4 Å². The molecule has 1 saturated heterocycles. The smallest absolute Gasteiger partial charge is 0.216 e. The molecule has 6 heteroatoms. The van der Waals surface area contributed by atoms with Gasteiger partial charge in [-0.25, -0.2) is 13.1 Å². The molecule has 19 heavy (non-hydrogen) atoms. The molecule has 0 radical (unpaired) electrons. The number of thiophene rings is 1. The lowest BCUT2D eigenvalue weighted by molar-refractivity contribution is 0.344. The predicted molar refractivity (Wildman–Crippen MR) is 77.9 cm³/mol. The minimum Gasteiger partial charge on any atom is -0.302 e. The lowest BCUT2D eigenvalue weighted by Crippen LogP contribution is -2.37. The van der Waals surface area contributed by atoms with Crippen molar-refractivity contribution in [3.63, 3.8) is 0 Å². The topological polar surface area (TPSA) is 49.4 Å². The van der Waals surface area contributed by atoms with Gasteiger partial charge in [0, 0.05) is 24.0 Å². The minimum atomic E-state index is -3.09. The van der Waals surface area contributed by atoms with Gasteiger partial charge in [-0.05, 0) is 43.7 Å². The summed E-state index contributed by atoms with van der Waals surface area (Å²) in [5.41, 5.74) is 0. The average molecular weight is 300 g/mol. The Bertz CT molecular complexity index is 509. The maximum atomic E-state index is 12.1. The average Bonchev–Trinajstić information content (AvgIpc) is 2.87. The van der Waals surface area contributed by atoms with E-state index in [-0.39, 0.29) is 11.3 Å². The van der Waals surface area contributed by atoms with Gasteiger partial charge in [-0.3, -0.25) is 0 Å². The van der Waals surface area contributed by atoms with Crippen molar-refractivity contribution in [3.8, 4) is 0 Å². The molecule has 0 spiro atoms. The van der Waals surface area contributed by atoms with Crippen LogP contribution in [0, 0.1) is 0 Å². The van der Waals surface area contributed by atoms with Crippen molar-refractivity contribution < 1.29 is 8.42 Å². The van der Waals surface area contributed by atoms with Gasteiger partial charge < -0.3 is 4.90 Å². The molecule has 2 aliphatic rings. The van der Waals surface area contributed by atoms with Gasteiger partial charge in [-0.1, -0.05) is 6.07 Å². The molecule has 1 aliphatic heterocycles. The van der Waals surface area contributed by atoms with Crippen LogP contribution in [0.2, 0.25) is 0 Å². The quantitative estimate of drug-likeness (QED) is 0.865. The summed E-state index contributed by atoms with van der Waals surface area (Å²) in [6.45, 7) is 2.56. The van der Waals surface area contributed by atoms with E-state index >= 15 is 0 Å². The maximum absolute atomic E-state index is 12.1. The van der Waals surface area contributed by atoms with Crippen molar-refractivity contribution in [2.24, 2.45) is 0 Å². The lowest BCUT2D eigenvalue weighted by Gasteiger charge is -2.16. The van der Waals surface area contributed by atoms with Gasteiger partial charge in [0.1, 0.15) is 0 Å². The largest absolute Gasteiger partial charge is 0.302 e. The molecule has 1 N–H and O–H groups in total. The Morgan fingerprint density at radius 2 is 2.21 bits per heavy atom. The predicted octanol–water partition coefficient (Wildman–Crippen LogP) is 1.45. The number of nitrogens with one attached hydrogen (secondary N) is 1. The van der Waals surface area contributed by atoms with Gasteiger partial charge >= 0.3 is 0 Å². The monoisotopic (exact) mass is 300 g/mol. The van der Waals surface area contributed by atoms with Crippen molar-refractivity contribution in [2.45, 2.75) is 37.0 Å². The zero-order chi connectivity index (χ0) is 13.3. The van der Waals surface area contributed by atoms with Gasteiger partial charge in [0.15, 0.2) is 0 Å². The van der Waals surface area contributed by atoms with E-state index in [0.717, 1.165) is 38.8 Å². The first-order chi connectivity index (χ1) is 9.13. The Morgan fingerprint density at radius 1 is 1.37 bits per heavy atom. The number of sulfonamides is 1. The van der Waals surface area contributed by atoms with E-state index in [0.29, 0.717) is 6.54 Å². The van der Waals surface area contributed by atoms with E-state index in [2.05, 4.69) is 27.1 Å². The third kappa shape index (κ3) is 3.56. The fourth-order valence-corrected chi connectivity index (χ4v) is 4.92. The highest BCUT2D eigenvalue weighted by atomic mass is 32.2. The second-order valence-corrected chi connectivity index (χ2v) is 8.50. The summed E-state index contributed by atoms with van der Waals surface area (Å²) in [5.74, 6) is 0. The van der Waals surface area contributed by atoms with E-state index in [1.165, 1.54) is 4.88 Å². The molecule has 0 unspecified atom stereocenters. The van der Waals surface area contributed by atoms with E-state index in [9.17, 15) is 8.42 Å². The molecule has 1 aromatic rings. The Kier molecular flexibility index (Phi) is 3.93. The standard InChI is InChI=1S/C13H20N2O2S2/c16-19(17,14-11-3-4-11)13-6-8-15(10-13)7-5-12-2-1-9-18-12/h1-2,9,11,13-14H,3-8,10H2/t13-/m0/s1. The summed E-state index contributed by atoms with van der Waals surface area (Å²) >= 11 is 1.77. The van der Waals surface area contributed by atoms with Crippen LogP contribution < -0.4 is 4.72 Å². The van der Waals surface area contributed by atoms with Crippen molar-refractivity contribution >= 4 is 21.4 Å². The van der Waals surface area contributed by atoms with Crippen LogP contribution in [0.15, 0.2) is 17.5 Å². The Hall–Kier alpha value is -0.430. The third-order valence-corrected chi connectivity index (χ3v) is 6.69. The fourth-order valence-electron chi connectivity index (χ4n) is 2.51. The molecular formula is C13H20N2O2S2. The first-order valence-electron chi connectivity index (χ1n) is 6.89. The van der Waals surface area contributed by atoms with Crippen molar-refractivity contribution in [2.75, 3.05) is 19.6 Å². The summed E-state index contributed by atoms with van der Waals surface area (Å²) in [7, 11) is -3.09. The zero-order valence-corrected chi connectivity index (χ0v) is 12.5. The molecule has 2 heterocycles. The summed E-state index contributed by atoms with van der Waals surface area (Å²) in [6.07, 6.45) is 3.81. The molecule has 0 bridgehead atoms. The van der Waals surface area contributed by atoms with Gasteiger partial charge in [0.2, 0.25) is 10.0 Å². The van der Waals surface area contributed by atoms with E-state index in [1.807, 2.05) is 0 Å². The zero-order valence-electron chi connectivity index (χ0n) is 10.9. The third-order valence-electron chi connectivity index (χ3n) is 3.83. The molecule has 4 nitrogen and oxygen atoms in total. The number of hydrogen-bond acceptors (Lipinski definition) is 4. The second-order valence-electron chi connectivity index (χ2n) is 5.48. The first-order valence-corrected chi connectivity index (χ1v) is 9.32. The van der Waals surface area contributed by atoms with Crippen LogP contribution in [0.3, 0.4) is 0 Å². The van der Waals surface area contributed by atoms with Crippen LogP contribution in [-0.4, -0.2) is 44.2 Å². The summed E-state index contributed by atoms with van der Waals surface area (Å²) in [4.78, 5) is 3.65. The highest BCUT2D eigenvalue weighted by Gasteiger charge is 2.36. The van der Waals surface area contributed by atoms with Crippen LogP contribution in [-0.2, 0) is 16.4 Å². The van der Waals surface area contributed by atoms with Crippen LogP contribution >= 0.6 is 11.3 Å².